The Morgan fingerprint density at radius 1 is 1.08 bits per heavy atom. The van der Waals surface area contributed by atoms with Gasteiger partial charge in [0.1, 0.15) is 16.9 Å². The summed E-state index contributed by atoms with van der Waals surface area (Å²) in [4.78, 5) is 12.6. The van der Waals surface area contributed by atoms with Crippen molar-refractivity contribution in [3.63, 3.8) is 0 Å². The van der Waals surface area contributed by atoms with E-state index < -0.39 is 0 Å². The van der Waals surface area contributed by atoms with Crippen LogP contribution in [-0.4, -0.2) is 31.1 Å². The summed E-state index contributed by atoms with van der Waals surface area (Å²) in [6, 6.07) is 15.3. The van der Waals surface area contributed by atoms with Crippen molar-refractivity contribution < 1.29 is 4.79 Å². The minimum Gasteiger partial charge on any atom is -0.307 e. The van der Waals surface area contributed by atoms with Gasteiger partial charge < -0.3 is 5.32 Å². The second-order valence-electron chi connectivity index (χ2n) is 6.30. The largest absolute Gasteiger partial charge is 0.307 e. The van der Waals surface area contributed by atoms with Crippen LogP contribution in [-0.2, 0) is 6.54 Å². The average molecular weight is 346 g/mol. The number of hydrogen-bond acceptors (Lipinski definition) is 4. The Kier molecular flexibility index (Phi) is 3.96. The summed E-state index contributed by atoms with van der Waals surface area (Å²) in [6.07, 6.45) is 0. The molecule has 0 fully saturated rings. The van der Waals surface area contributed by atoms with E-state index in [2.05, 4.69) is 44.9 Å². The first-order valence-electron chi connectivity index (χ1n) is 8.30. The first kappa shape index (κ1) is 16.0. The van der Waals surface area contributed by atoms with E-state index in [0.29, 0.717) is 23.4 Å². The third-order valence-corrected chi connectivity index (χ3v) is 4.14. The fourth-order valence-corrected chi connectivity index (χ4v) is 2.92. The molecule has 7 heteroatoms. The van der Waals surface area contributed by atoms with Crippen LogP contribution in [0, 0.1) is 13.8 Å². The highest BCUT2D eigenvalue weighted by atomic mass is 16.1. The molecule has 0 aliphatic rings. The lowest BCUT2D eigenvalue weighted by Gasteiger charge is -2.09. The monoisotopic (exact) mass is 346 g/mol. The van der Waals surface area contributed by atoms with Gasteiger partial charge in [-0.25, -0.2) is 4.68 Å². The molecule has 26 heavy (non-hydrogen) atoms. The number of hydrogen-bond donors (Lipinski definition) is 2. The van der Waals surface area contributed by atoms with Crippen LogP contribution in [0.4, 0.5) is 5.82 Å². The van der Waals surface area contributed by atoms with Gasteiger partial charge in [0.25, 0.3) is 5.91 Å². The second-order valence-corrected chi connectivity index (χ2v) is 6.30. The number of nitrogens with one attached hydrogen (secondary N) is 2. The van der Waals surface area contributed by atoms with Gasteiger partial charge in [0.15, 0.2) is 0 Å². The minimum absolute atomic E-state index is 0.208. The van der Waals surface area contributed by atoms with Gasteiger partial charge in [-0.1, -0.05) is 29.8 Å². The molecule has 2 heterocycles. The average Bonchev–Trinajstić information content (AvgIpc) is 3.20. The topological polar surface area (TPSA) is 88.5 Å². The molecule has 1 amide bonds. The normalized spacial score (nSPS) is 11.0. The summed E-state index contributed by atoms with van der Waals surface area (Å²) in [7, 11) is 0. The number of fused-ring (bicyclic) bond motifs is 1. The van der Waals surface area contributed by atoms with Crippen LogP contribution in [0.5, 0.6) is 0 Å². The van der Waals surface area contributed by atoms with Crippen molar-refractivity contribution in [3.8, 4) is 0 Å². The van der Waals surface area contributed by atoms with Gasteiger partial charge in [0.2, 0.25) is 0 Å². The highest BCUT2D eigenvalue weighted by molar-refractivity contribution is 6.05. The lowest BCUT2D eigenvalue weighted by atomic mass is 10.1. The SMILES string of the molecule is Cc1cccc(Cn2nc(C)cc2NC(=O)c2ccc3n[nH]nc3c2)c1. The Morgan fingerprint density at radius 3 is 2.77 bits per heavy atom. The zero-order valence-electron chi connectivity index (χ0n) is 14.5. The van der Waals surface area contributed by atoms with Crippen molar-refractivity contribution in [3.05, 3.63) is 70.9 Å². The van der Waals surface area contributed by atoms with E-state index in [1.165, 1.54) is 5.56 Å². The number of carbonyl (C=O) groups is 1. The van der Waals surface area contributed by atoms with E-state index in [0.717, 1.165) is 16.8 Å². The maximum atomic E-state index is 12.6. The van der Waals surface area contributed by atoms with Crippen molar-refractivity contribution in [2.45, 2.75) is 20.4 Å². The molecule has 0 atom stereocenters. The lowest BCUT2D eigenvalue weighted by Crippen LogP contribution is -2.16. The lowest BCUT2D eigenvalue weighted by molar-refractivity contribution is 0.102. The summed E-state index contributed by atoms with van der Waals surface area (Å²) in [5, 5.41) is 18.0. The van der Waals surface area contributed by atoms with Crippen molar-refractivity contribution in [1.82, 2.24) is 25.2 Å². The molecule has 0 radical (unpaired) electrons. The fraction of sp³-hybridized carbons (Fsp3) is 0.158. The van der Waals surface area contributed by atoms with Crippen molar-refractivity contribution >= 4 is 22.8 Å². The van der Waals surface area contributed by atoms with E-state index in [-0.39, 0.29) is 5.91 Å². The number of anilines is 1. The molecular formula is C19H18N6O. The molecule has 2 N–H and O–H groups in total. The molecule has 130 valence electrons. The van der Waals surface area contributed by atoms with E-state index >= 15 is 0 Å². The van der Waals surface area contributed by atoms with E-state index in [9.17, 15) is 4.79 Å². The van der Waals surface area contributed by atoms with Gasteiger partial charge in [-0.3, -0.25) is 4.79 Å². The minimum atomic E-state index is -0.208. The maximum Gasteiger partial charge on any atom is 0.256 e. The number of benzene rings is 2. The number of carbonyl (C=O) groups excluding carboxylic acids is 1. The molecule has 4 aromatic rings. The number of aromatic nitrogens is 5. The van der Waals surface area contributed by atoms with Gasteiger partial charge in [0, 0.05) is 11.6 Å². The van der Waals surface area contributed by atoms with Crippen molar-refractivity contribution in [2.75, 3.05) is 5.32 Å². The van der Waals surface area contributed by atoms with Crippen LogP contribution in [0.1, 0.15) is 27.2 Å². The molecule has 0 bridgehead atoms. The van der Waals surface area contributed by atoms with Crippen LogP contribution in [0.15, 0.2) is 48.5 Å². The van der Waals surface area contributed by atoms with Crippen LogP contribution >= 0.6 is 0 Å². The zero-order valence-corrected chi connectivity index (χ0v) is 14.5. The van der Waals surface area contributed by atoms with E-state index in [1.807, 2.05) is 25.1 Å². The van der Waals surface area contributed by atoms with Crippen LogP contribution < -0.4 is 5.32 Å². The van der Waals surface area contributed by atoms with Gasteiger partial charge in [-0.2, -0.15) is 20.5 Å². The first-order valence-corrected chi connectivity index (χ1v) is 8.30. The first-order chi connectivity index (χ1) is 12.6. The fourth-order valence-electron chi connectivity index (χ4n) is 2.92. The standard InChI is InChI=1S/C19H18N6O/c1-12-4-3-5-14(8-12)11-25-18(9-13(2)23-25)20-19(26)15-6-7-16-17(10-15)22-24-21-16/h3-10H,11H2,1-2H3,(H,20,26)(H,21,22,24). The number of aryl methyl sites for hydroxylation is 2. The summed E-state index contributed by atoms with van der Waals surface area (Å²) < 4.78 is 1.80. The zero-order chi connectivity index (χ0) is 18.1. The van der Waals surface area contributed by atoms with Crippen LogP contribution in [0.3, 0.4) is 0 Å². The van der Waals surface area contributed by atoms with Crippen LogP contribution in [0.2, 0.25) is 0 Å². The van der Waals surface area contributed by atoms with Crippen molar-refractivity contribution in [2.24, 2.45) is 0 Å². The molecule has 2 aromatic carbocycles. The van der Waals surface area contributed by atoms with Gasteiger partial charge >= 0.3 is 0 Å². The Bertz CT molecular complexity index is 1090. The molecule has 7 nitrogen and oxygen atoms in total. The highest BCUT2D eigenvalue weighted by Crippen LogP contribution is 2.17. The highest BCUT2D eigenvalue weighted by Gasteiger charge is 2.13. The quantitative estimate of drug-likeness (QED) is 0.594. The van der Waals surface area contributed by atoms with Gasteiger partial charge in [-0.15, -0.1) is 0 Å². The molecule has 0 saturated heterocycles. The van der Waals surface area contributed by atoms with Gasteiger partial charge in [0.05, 0.1) is 12.2 Å². The van der Waals surface area contributed by atoms with E-state index in [4.69, 9.17) is 0 Å². The number of rotatable bonds is 4. The molecular weight excluding hydrogens is 328 g/mol. The van der Waals surface area contributed by atoms with Gasteiger partial charge in [-0.05, 0) is 37.6 Å². The molecule has 0 saturated carbocycles. The summed E-state index contributed by atoms with van der Waals surface area (Å²) in [5.74, 6) is 0.453. The van der Waals surface area contributed by atoms with Crippen molar-refractivity contribution in [1.29, 1.82) is 0 Å². The molecule has 2 aromatic heterocycles. The van der Waals surface area contributed by atoms with Crippen LogP contribution in [0.25, 0.3) is 11.0 Å². The predicted molar refractivity (Wildman–Crippen MR) is 99.1 cm³/mol. The number of amides is 1. The number of H-pyrrole nitrogens is 1. The smallest absolute Gasteiger partial charge is 0.256 e. The molecule has 4 rings (SSSR count). The Labute approximate surface area is 150 Å². The number of nitrogens with zero attached hydrogens (tertiary/aromatic N) is 4. The Hall–Kier alpha value is -3.48. The third-order valence-electron chi connectivity index (χ3n) is 4.14. The summed E-state index contributed by atoms with van der Waals surface area (Å²) in [6.45, 7) is 4.55. The molecule has 0 aliphatic carbocycles. The Morgan fingerprint density at radius 2 is 1.92 bits per heavy atom. The van der Waals surface area contributed by atoms with E-state index in [1.54, 1.807) is 22.9 Å². The second kappa shape index (κ2) is 6.44. The Balaban J connectivity index is 1.58. The molecule has 0 spiro atoms. The third kappa shape index (κ3) is 3.19. The predicted octanol–water partition coefficient (Wildman–Crippen LogP) is 3.07. The summed E-state index contributed by atoms with van der Waals surface area (Å²) >= 11 is 0. The summed E-state index contributed by atoms with van der Waals surface area (Å²) in [5.41, 5.74) is 5.07. The maximum absolute atomic E-state index is 12.6. The molecule has 0 unspecified atom stereocenters. The number of aromatic amines is 1. The molecule has 0 aliphatic heterocycles.